The van der Waals surface area contributed by atoms with E-state index < -0.39 is 17.4 Å². The predicted octanol–water partition coefficient (Wildman–Crippen LogP) is 2.05. The van der Waals surface area contributed by atoms with E-state index in [1.165, 1.54) is 18.4 Å². The molecule has 1 rings (SSSR count). The van der Waals surface area contributed by atoms with E-state index in [-0.39, 0.29) is 0 Å². The number of carbonyl (C=O) groups excluding carboxylic acids is 1. The van der Waals surface area contributed by atoms with Gasteiger partial charge in [-0.15, -0.1) is 0 Å². The van der Waals surface area contributed by atoms with Crippen LogP contribution >= 0.6 is 0 Å². The minimum Gasteiger partial charge on any atom is -0.480 e. The standard InChI is InChI=1S/C13H17NO4/c1-3-13(4-2,12(16)17)14-11(15)8-7-10-6-5-9-18-10/h5-9H,3-4H2,1-2H3,(H,14,15)(H,16,17). The van der Waals surface area contributed by atoms with Crippen molar-refractivity contribution in [1.29, 1.82) is 0 Å². The number of hydrogen-bond donors (Lipinski definition) is 2. The molecule has 1 aromatic rings. The third kappa shape index (κ3) is 3.23. The summed E-state index contributed by atoms with van der Waals surface area (Å²) in [6.07, 6.45) is 4.92. The molecule has 0 bridgehead atoms. The molecule has 1 amide bonds. The Labute approximate surface area is 105 Å². The second kappa shape index (κ2) is 6.05. The van der Waals surface area contributed by atoms with Crippen LogP contribution in [0.25, 0.3) is 6.08 Å². The maximum Gasteiger partial charge on any atom is 0.329 e. The van der Waals surface area contributed by atoms with Crippen molar-refractivity contribution in [3.8, 4) is 0 Å². The number of furan rings is 1. The van der Waals surface area contributed by atoms with Gasteiger partial charge < -0.3 is 14.8 Å². The van der Waals surface area contributed by atoms with Gasteiger partial charge in [0.1, 0.15) is 11.3 Å². The molecule has 0 saturated heterocycles. The molecular weight excluding hydrogens is 234 g/mol. The fourth-order valence-corrected chi connectivity index (χ4v) is 1.60. The molecule has 0 spiro atoms. The maximum absolute atomic E-state index is 11.7. The molecule has 1 aromatic heterocycles. The number of carbonyl (C=O) groups is 2. The highest BCUT2D eigenvalue weighted by atomic mass is 16.4. The molecule has 0 aliphatic carbocycles. The Bertz CT molecular complexity index is 430. The number of rotatable bonds is 6. The van der Waals surface area contributed by atoms with Gasteiger partial charge in [0.25, 0.3) is 0 Å². The van der Waals surface area contributed by atoms with E-state index in [0.29, 0.717) is 18.6 Å². The van der Waals surface area contributed by atoms with Crippen LogP contribution in [0.5, 0.6) is 0 Å². The molecule has 98 valence electrons. The van der Waals surface area contributed by atoms with E-state index in [1.54, 1.807) is 26.0 Å². The molecule has 5 heteroatoms. The van der Waals surface area contributed by atoms with Crippen LogP contribution in [0.2, 0.25) is 0 Å². The first-order valence-corrected chi connectivity index (χ1v) is 5.81. The normalized spacial score (nSPS) is 11.7. The number of carboxylic acid groups (broad SMARTS) is 1. The minimum absolute atomic E-state index is 0.333. The molecule has 5 nitrogen and oxygen atoms in total. The van der Waals surface area contributed by atoms with E-state index in [9.17, 15) is 9.59 Å². The van der Waals surface area contributed by atoms with Crippen LogP contribution < -0.4 is 5.32 Å². The van der Waals surface area contributed by atoms with E-state index in [2.05, 4.69) is 5.32 Å². The Morgan fingerprint density at radius 3 is 2.56 bits per heavy atom. The summed E-state index contributed by atoms with van der Waals surface area (Å²) in [7, 11) is 0. The lowest BCUT2D eigenvalue weighted by Gasteiger charge is -2.27. The van der Waals surface area contributed by atoms with Gasteiger partial charge in [-0.25, -0.2) is 4.79 Å². The lowest BCUT2D eigenvalue weighted by Crippen LogP contribution is -2.53. The third-order valence-corrected chi connectivity index (χ3v) is 2.92. The summed E-state index contributed by atoms with van der Waals surface area (Å²) in [5.74, 6) is -0.927. The van der Waals surface area contributed by atoms with E-state index >= 15 is 0 Å². The van der Waals surface area contributed by atoms with Gasteiger partial charge in [0, 0.05) is 6.08 Å². The Morgan fingerprint density at radius 1 is 1.44 bits per heavy atom. The molecule has 0 atom stereocenters. The van der Waals surface area contributed by atoms with Gasteiger partial charge in [-0.05, 0) is 31.1 Å². The predicted molar refractivity (Wildman–Crippen MR) is 66.8 cm³/mol. The summed E-state index contributed by atoms with van der Waals surface area (Å²) in [6.45, 7) is 3.46. The summed E-state index contributed by atoms with van der Waals surface area (Å²) < 4.78 is 5.03. The summed E-state index contributed by atoms with van der Waals surface area (Å²) in [5.41, 5.74) is -1.20. The highest BCUT2D eigenvalue weighted by Gasteiger charge is 2.35. The van der Waals surface area contributed by atoms with Crippen LogP contribution in [0, 0.1) is 0 Å². The van der Waals surface area contributed by atoms with Crippen molar-refractivity contribution in [2.24, 2.45) is 0 Å². The molecule has 0 aliphatic heterocycles. The Kier molecular flexibility index (Phi) is 4.71. The number of aliphatic carboxylic acids is 1. The Hall–Kier alpha value is -2.04. The second-order valence-corrected chi connectivity index (χ2v) is 3.93. The zero-order valence-electron chi connectivity index (χ0n) is 10.5. The van der Waals surface area contributed by atoms with Crippen molar-refractivity contribution in [2.45, 2.75) is 32.2 Å². The van der Waals surface area contributed by atoms with E-state index in [0.717, 1.165) is 0 Å². The SMILES string of the molecule is CCC(CC)(NC(=O)C=Cc1ccco1)C(=O)O. The average molecular weight is 251 g/mol. The molecule has 2 N–H and O–H groups in total. The van der Waals surface area contributed by atoms with Gasteiger partial charge in [-0.2, -0.15) is 0 Å². The molecule has 0 radical (unpaired) electrons. The summed E-state index contributed by atoms with van der Waals surface area (Å²) in [4.78, 5) is 22.9. The quantitative estimate of drug-likeness (QED) is 0.758. The van der Waals surface area contributed by atoms with E-state index in [1.807, 2.05) is 0 Å². The average Bonchev–Trinajstić information content (AvgIpc) is 2.86. The van der Waals surface area contributed by atoms with Crippen LogP contribution in [0.15, 0.2) is 28.9 Å². The zero-order chi connectivity index (χ0) is 13.6. The van der Waals surface area contributed by atoms with Crippen molar-refractivity contribution in [3.05, 3.63) is 30.2 Å². The maximum atomic E-state index is 11.7. The summed E-state index contributed by atoms with van der Waals surface area (Å²) in [6, 6.07) is 3.41. The fraction of sp³-hybridized carbons (Fsp3) is 0.385. The van der Waals surface area contributed by atoms with Crippen molar-refractivity contribution >= 4 is 18.0 Å². The molecule has 1 heterocycles. The molecule has 18 heavy (non-hydrogen) atoms. The molecule has 0 unspecified atom stereocenters. The fourth-order valence-electron chi connectivity index (χ4n) is 1.60. The minimum atomic E-state index is -1.20. The molecule has 0 fully saturated rings. The molecule has 0 aromatic carbocycles. The van der Waals surface area contributed by atoms with Crippen LogP contribution in [0.3, 0.4) is 0 Å². The first-order valence-electron chi connectivity index (χ1n) is 5.81. The van der Waals surface area contributed by atoms with Crippen LogP contribution in [-0.2, 0) is 9.59 Å². The second-order valence-electron chi connectivity index (χ2n) is 3.93. The highest BCUT2D eigenvalue weighted by Crippen LogP contribution is 2.15. The van der Waals surface area contributed by atoms with Crippen molar-refractivity contribution in [1.82, 2.24) is 5.32 Å². The van der Waals surface area contributed by atoms with Gasteiger partial charge >= 0.3 is 5.97 Å². The topological polar surface area (TPSA) is 79.5 Å². The zero-order valence-corrected chi connectivity index (χ0v) is 10.5. The molecule has 0 saturated carbocycles. The first kappa shape index (κ1) is 14.0. The van der Waals surface area contributed by atoms with E-state index in [4.69, 9.17) is 9.52 Å². The van der Waals surface area contributed by atoms with Crippen LogP contribution in [0.1, 0.15) is 32.4 Å². The van der Waals surface area contributed by atoms with Gasteiger partial charge in [0.15, 0.2) is 0 Å². The van der Waals surface area contributed by atoms with Crippen LogP contribution in [0.4, 0.5) is 0 Å². The van der Waals surface area contributed by atoms with Crippen molar-refractivity contribution < 1.29 is 19.1 Å². The number of amides is 1. The van der Waals surface area contributed by atoms with Gasteiger partial charge in [0.05, 0.1) is 6.26 Å². The Balaban J connectivity index is 2.71. The third-order valence-electron chi connectivity index (χ3n) is 2.92. The largest absolute Gasteiger partial charge is 0.480 e. The highest BCUT2D eigenvalue weighted by molar-refractivity contribution is 5.95. The van der Waals surface area contributed by atoms with Gasteiger partial charge in [-0.1, -0.05) is 13.8 Å². The lowest BCUT2D eigenvalue weighted by molar-refractivity contribution is -0.147. The number of carboxylic acids is 1. The Morgan fingerprint density at radius 2 is 2.11 bits per heavy atom. The number of hydrogen-bond acceptors (Lipinski definition) is 3. The van der Waals surface area contributed by atoms with Crippen molar-refractivity contribution in [2.75, 3.05) is 0 Å². The van der Waals surface area contributed by atoms with Crippen LogP contribution in [-0.4, -0.2) is 22.5 Å². The molecule has 0 aliphatic rings. The van der Waals surface area contributed by atoms with Gasteiger partial charge in [0.2, 0.25) is 5.91 Å². The van der Waals surface area contributed by atoms with Gasteiger partial charge in [-0.3, -0.25) is 4.79 Å². The summed E-state index contributed by atoms with van der Waals surface area (Å²) in [5, 5.41) is 11.7. The first-order chi connectivity index (χ1) is 8.54. The number of nitrogens with one attached hydrogen (secondary N) is 1. The smallest absolute Gasteiger partial charge is 0.329 e. The van der Waals surface area contributed by atoms with Crippen molar-refractivity contribution in [3.63, 3.8) is 0 Å². The lowest BCUT2D eigenvalue weighted by atomic mass is 9.93. The monoisotopic (exact) mass is 251 g/mol. The molecular formula is C13H17NO4. The summed E-state index contributed by atoms with van der Waals surface area (Å²) >= 11 is 0.